The highest BCUT2D eigenvalue weighted by atomic mass is 35.5. The maximum absolute atomic E-state index is 12.0. The number of nitrogens with zero attached hydrogens (tertiary/aromatic N) is 2. The van der Waals surface area contributed by atoms with Crippen LogP contribution in [0.2, 0.25) is 5.02 Å². The van der Waals surface area contributed by atoms with Crippen molar-refractivity contribution in [3.05, 3.63) is 59.4 Å². The molecule has 3 aromatic rings. The van der Waals surface area contributed by atoms with Gasteiger partial charge in [0.1, 0.15) is 12.1 Å². The number of nitrogens with one attached hydrogen (secondary N) is 1. The lowest BCUT2D eigenvalue weighted by Gasteiger charge is -2.09. The Morgan fingerprint density at radius 2 is 2.14 bits per heavy atom. The van der Waals surface area contributed by atoms with E-state index >= 15 is 0 Å². The van der Waals surface area contributed by atoms with E-state index in [1.165, 1.54) is 0 Å². The third kappa shape index (κ3) is 3.04. The van der Waals surface area contributed by atoms with E-state index < -0.39 is 0 Å². The lowest BCUT2D eigenvalue weighted by atomic mass is 10.2. The number of amides is 1. The van der Waals surface area contributed by atoms with Crippen LogP contribution in [0.4, 0.5) is 0 Å². The molecular formula is C16H14ClN3O2. The molecule has 1 amide bonds. The molecule has 5 nitrogen and oxygen atoms in total. The largest absolute Gasteiger partial charge is 0.484 e. The molecule has 0 unspecified atom stereocenters. The Hall–Kier alpha value is -2.53. The van der Waals surface area contributed by atoms with Crippen LogP contribution in [-0.2, 0) is 4.79 Å². The van der Waals surface area contributed by atoms with E-state index in [1.54, 1.807) is 29.2 Å². The van der Waals surface area contributed by atoms with Crippen LogP contribution in [0.25, 0.3) is 11.0 Å². The van der Waals surface area contributed by atoms with Crippen LogP contribution in [0, 0.1) is 6.92 Å². The predicted molar refractivity (Wildman–Crippen MR) is 85.8 cm³/mol. The summed E-state index contributed by atoms with van der Waals surface area (Å²) in [5.74, 6) is 0.336. The van der Waals surface area contributed by atoms with Crippen LogP contribution in [0.5, 0.6) is 5.75 Å². The number of carbonyl (C=O) groups is 1. The van der Waals surface area contributed by atoms with Crippen molar-refractivity contribution in [2.75, 3.05) is 12.0 Å². The molecule has 1 N–H and O–H groups in total. The van der Waals surface area contributed by atoms with Gasteiger partial charge in [0.2, 0.25) is 0 Å². The first-order valence-electron chi connectivity index (χ1n) is 6.74. The SMILES string of the molecule is Cc1cc(OCC(=O)Nn2cnc3ccccc32)ccc1Cl. The summed E-state index contributed by atoms with van der Waals surface area (Å²) >= 11 is 5.95. The van der Waals surface area contributed by atoms with Gasteiger partial charge in [0.15, 0.2) is 6.61 Å². The minimum atomic E-state index is -0.268. The number of ether oxygens (including phenoxy) is 1. The van der Waals surface area contributed by atoms with Crippen molar-refractivity contribution in [1.82, 2.24) is 9.66 Å². The van der Waals surface area contributed by atoms with Gasteiger partial charge in [-0.25, -0.2) is 9.66 Å². The van der Waals surface area contributed by atoms with Crippen molar-refractivity contribution in [3.8, 4) is 5.75 Å². The maximum Gasteiger partial charge on any atom is 0.276 e. The highest BCUT2D eigenvalue weighted by Gasteiger charge is 2.07. The second-order valence-corrected chi connectivity index (χ2v) is 5.25. The van der Waals surface area contributed by atoms with Crippen molar-refractivity contribution in [2.24, 2.45) is 0 Å². The minimum Gasteiger partial charge on any atom is -0.484 e. The van der Waals surface area contributed by atoms with E-state index in [2.05, 4.69) is 10.4 Å². The van der Waals surface area contributed by atoms with Crippen LogP contribution in [0.1, 0.15) is 5.56 Å². The Labute approximate surface area is 132 Å². The molecular weight excluding hydrogens is 302 g/mol. The van der Waals surface area contributed by atoms with Gasteiger partial charge < -0.3 is 4.74 Å². The van der Waals surface area contributed by atoms with Gasteiger partial charge >= 0.3 is 0 Å². The summed E-state index contributed by atoms with van der Waals surface area (Å²) in [5.41, 5.74) is 5.28. The number of halogens is 1. The van der Waals surface area contributed by atoms with Crippen molar-refractivity contribution in [1.29, 1.82) is 0 Å². The van der Waals surface area contributed by atoms with E-state index in [1.807, 2.05) is 31.2 Å². The molecule has 0 saturated heterocycles. The Balaban J connectivity index is 1.64. The quantitative estimate of drug-likeness (QED) is 0.804. The zero-order valence-electron chi connectivity index (χ0n) is 11.9. The number of benzene rings is 2. The fourth-order valence-corrected chi connectivity index (χ4v) is 2.19. The first-order chi connectivity index (χ1) is 10.6. The van der Waals surface area contributed by atoms with Crippen molar-refractivity contribution >= 4 is 28.5 Å². The lowest BCUT2D eigenvalue weighted by Crippen LogP contribution is -2.27. The van der Waals surface area contributed by atoms with Gasteiger partial charge in [0.05, 0.1) is 11.0 Å². The molecule has 6 heteroatoms. The zero-order valence-corrected chi connectivity index (χ0v) is 12.7. The summed E-state index contributed by atoms with van der Waals surface area (Å²) in [7, 11) is 0. The second kappa shape index (κ2) is 6.07. The topological polar surface area (TPSA) is 56.1 Å². The van der Waals surface area contributed by atoms with Gasteiger partial charge in [-0.2, -0.15) is 0 Å². The van der Waals surface area contributed by atoms with E-state index in [4.69, 9.17) is 16.3 Å². The smallest absolute Gasteiger partial charge is 0.276 e. The monoisotopic (exact) mass is 315 g/mol. The number of carbonyl (C=O) groups excluding carboxylic acids is 1. The summed E-state index contributed by atoms with van der Waals surface area (Å²) < 4.78 is 7.04. The van der Waals surface area contributed by atoms with Gasteiger partial charge in [-0.1, -0.05) is 23.7 Å². The molecule has 0 spiro atoms. The maximum atomic E-state index is 12.0. The molecule has 0 radical (unpaired) electrons. The average Bonchev–Trinajstić information content (AvgIpc) is 2.92. The first kappa shape index (κ1) is 14.4. The molecule has 0 aliphatic rings. The number of aromatic nitrogens is 2. The molecule has 2 aromatic carbocycles. The van der Waals surface area contributed by atoms with Gasteiger partial charge in [-0.15, -0.1) is 0 Å². The Bertz CT molecular complexity index is 829. The summed E-state index contributed by atoms with van der Waals surface area (Å²) in [4.78, 5) is 16.2. The van der Waals surface area contributed by atoms with E-state index in [9.17, 15) is 4.79 Å². The number of fused-ring (bicyclic) bond motifs is 1. The molecule has 0 atom stereocenters. The predicted octanol–water partition coefficient (Wildman–Crippen LogP) is 3.15. The van der Waals surface area contributed by atoms with E-state index in [0.717, 1.165) is 16.6 Å². The third-order valence-electron chi connectivity index (χ3n) is 3.20. The number of hydrogen-bond acceptors (Lipinski definition) is 3. The molecule has 1 aromatic heterocycles. The van der Waals surface area contributed by atoms with Crippen LogP contribution in [0.15, 0.2) is 48.8 Å². The number of imidazole rings is 1. The molecule has 3 rings (SSSR count). The van der Waals surface area contributed by atoms with Crippen molar-refractivity contribution in [2.45, 2.75) is 6.92 Å². The van der Waals surface area contributed by atoms with Gasteiger partial charge in [-0.05, 0) is 42.8 Å². The average molecular weight is 316 g/mol. The van der Waals surface area contributed by atoms with Gasteiger partial charge in [0.25, 0.3) is 5.91 Å². The molecule has 0 aliphatic heterocycles. The van der Waals surface area contributed by atoms with Gasteiger partial charge in [0, 0.05) is 5.02 Å². The van der Waals surface area contributed by atoms with Crippen LogP contribution < -0.4 is 10.2 Å². The normalized spacial score (nSPS) is 10.6. The minimum absolute atomic E-state index is 0.0897. The second-order valence-electron chi connectivity index (χ2n) is 4.84. The summed E-state index contributed by atoms with van der Waals surface area (Å²) in [5, 5.41) is 0.668. The molecule has 0 fully saturated rings. The third-order valence-corrected chi connectivity index (χ3v) is 3.62. The first-order valence-corrected chi connectivity index (χ1v) is 7.12. The van der Waals surface area contributed by atoms with E-state index in [0.29, 0.717) is 10.8 Å². The zero-order chi connectivity index (χ0) is 15.5. The molecule has 0 bridgehead atoms. The highest BCUT2D eigenvalue weighted by molar-refractivity contribution is 6.31. The Kier molecular flexibility index (Phi) is 3.98. The molecule has 1 heterocycles. The molecule has 112 valence electrons. The molecule has 0 aliphatic carbocycles. The summed E-state index contributed by atoms with van der Waals surface area (Å²) in [6.07, 6.45) is 1.56. The fraction of sp³-hybridized carbons (Fsp3) is 0.125. The van der Waals surface area contributed by atoms with Crippen molar-refractivity contribution < 1.29 is 9.53 Å². The van der Waals surface area contributed by atoms with Crippen LogP contribution in [0.3, 0.4) is 0 Å². The summed E-state index contributed by atoms with van der Waals surface area (Å²) in [6, 6.07) is 12.8. The number of aryl methyl sites for hydroxylation is 1. The molecule has 0 saturated carbocycles. The number of rotatable bonds is 4. The standard InChI is InChI=1S/C16H14ClN3O2/c1-11-8-12(6-7-13(11)17)22-9-16(21)19-20-10-18-14-4-2-3-5-15(14)20/h2-8,10H,9H2,1H3,(H,19,21). The summed E-state index contributed by atoms with van der Waals surface area (Å²) in [6.45, 7) is 1.79. The van der Waals surface area contributed by atoms with Crippen LogP contribution in [-0.4, -0.2) is 22.2 Å². The Morgan fingerprint density at radius 1 is 1.32 bits per heavy atom. The Morgan fingerprint density at radius 3 is 2.95 bits per heavy atom. The van der Waals surface area contributed by atoms with Crippen molar-refractivity contribution in [3.63, 3.8) is 0 Å². The number of para-hydroxylation sites is 2. The van der Waals surface area contributed by atoms with Gasteiger partial charge in [-0.3, -0.25) is 10.2 Å². The molecule has 22 heavy (non-hydrogen) atoms. The number of hydrogen-bond donors (Lipinski definition) is 1. The lowest BCUT2D eigenvalue weighted by molar-refractivity contribution is -0.119. The highest BCUT2D eigenvalue weighted by Crippen LogP contribution is 2.20. The van der Waals surface area contributed by atoms with Crippen LogP contribution >= 0.6 is 11.6 Å². The fourth-order valence-electron chi connectivity index (χ4n) is 2.07. The van der Waals surface area contributed by atoms with E-state index in [-0.39, 0.29) is 12.5 Å².